The molecule has 0 bridgehead atoms. The number of nitrogens with one attached hydrogen (secondary N) is 1. The van der Waals surface area contributed by atoms with E-state index in [0.717, 1.165) is 24.3 Å². The van der Waals surface area contributed by atoms with E-state index in [9.17, 15) is 31.2 Å². The molecule has 2 aromatic carbocycles. The fourth-order valence-corrected chi connectivity index (χ4v) is 4.24. The molecule has 0 radical (unpaired) electrons. The maximum Gasteiger partial charge on any atom is 0.416 e. The second kappa shape index (κ2) is 11.1. The van der Waals surface area contributed by atoms with E-state index in [1.165, 1.54) is 40.7 Å². The lowest BCUT2D eigenvalue weighted by Gasteiger charge is -2.18. The third-order valence-electron chi connectivity index (χ3n) is 4.45. The molecule has 0 aliphatic carbocycles. The molecule has 0 atom stereocenters. The highest BCUT2D eigenvalue weighted by molar-refractivity contribution is 7.89. The summed E-state index contributed by atoms with van der Waals surface area (Å²) in [4.78, 5) is 23.8. The van der Waals surface area contributed by atoms with Crippen molar-refractivity contribution in [1.29, 1.82) is 0 Å². The van der Waals surface area contributed by atoms with Crippen LogP contribution in [-0.4, -0.2) is 44.3 Å². The van der Waals surface area contributed by atoms with Crippen molar-refractivity contribution in [2.75, 3.05) is 25.0 Å². The predicted octanol–water partition coefficient (Wildman–Crippen LogP) is 3.93. The number of ether oxygens (including phenoxy) is 1. The molecule has 7 nitrogen and oxygen atoms in total. The molecule has 0 heterocycles. The van der Waals surface area contributed by atoms with Gasteiger partial charge in [-0.05, 0) is 42.0 Å². The second-order valence-electron chi connectivity index (χ2n) is 6.73. The van der Waals surface area contributed by atoms with Gasteiger partial charge in [0.15, 0.2) is 6.61 Å². The van der Waals surface area contributed by atoms with E-state index in [0.29, 0.717) is 18.7 Å². The second-order valence-corrected chi connectivity index (χ2v) is 8.66. The van der Waals surface area contributed by atoms with Crippen LogP contribution in [0.5, 0.6) is 0 Å². The van der Waals surface area contributed by atoms with E-state index in [1.807, 2.05) is 0 Å². The van der Waals surface area contributed by atoms with Gasteiger partial charge in [-0.3, -0.25) is 4.79 Å². The number of nitrogens with zero attached hydrogens (tertiary/aromatic N) is 1. The lowest BCUT2D eigenvalue weighted by atomic mass is 10.2. The van der Waals surface area contributed by atoms with E-state index < -0.39 is 40.2 Å². The van der Waals surface area contributed by atoms with Gasteiger partial charge in [0, 0.05) is 24.9 Å². The van der Waals surface area contributed by atoms with Gasteiger partial charge >= 0.3 is 12.1 Å². The Labute approximate surface area is 189 Å². The van der Waals surface area contributed by atoms with Crippen molar-refractivity contribution in [3.05, 3.63) is 65.7 Å². The van der Waals surface area contributed by atoms with Gasteiger partial charge < -0.3 is 10.1 Å². The minimum absolute atomic E-state index is 0.0823. The SMILES string of the molecule is CCN(CC)S(=O)(=O)c1ccc(/C=C/C(=O)OCC(=O)Nc2cccc(C(F)(F)F)c2)cc1. The monoisotopic (exact) mass is 484 g/mol. The van der Waals surface area contributed by atoms with Crippen LogP contribution in [0.3, 0.4) is 0 Å². The van der Waals surface area contributed by atoms with Crippen LogP contribution in [0, 0.1) is 0 Å². The number of benzene rings is 2. The Morgan fingerprint density at radius 2 is 1.70 bits per heavy atom. The van der Waals surface area contributed by atoms with Crippen LogP contribution in [0.2, 0.25) is 0 Å². The largest absolute Gasteiger partial charge is 0.452 e. The smallest absolute Gasteiger partial charge is 0.416 e. The summed E-state index contributed by atoms with van der Waals surface area (Å²) in [5.41, 5.74) is -0.476. The fourth-order valence-electron chi connectivity index (χ4n) is 2.78. The van der Waals surface area contributed by atoms with Crippen molar-refractivity contribution < 1.29 is 35.9 Å². The van der Waals surface area contributed by atoms with Crippen molar-refractivity contribution in [3.63, 3.8) is 0 Å². The third kappa shape index (κ3) is 7.43. The van der Waals surface area contributed by atoms with Gasteiger partial charge in [-0.1, -0.05) is 32.0 Å². The van der Waals surface area contributed by atoms with E-state index >= 15 is 0 Å². The highest BCUT2D eigenvalue weighted by Gasteiger charge is 2.30. The summed E-state index contributed by atoms with van der Waals surface area (Å²) in [6.07, 6.45) is -2.13. The van der Waals surface area contributed by atoms with Crippen LogP contribution in [0.15, 0.2) is 59.5 Å². The molecule has 11 heteroatoms. The average molecular weight is 484 g/mol. The number of hydrogen-bond donors (Lipinski definition) is 1. The first kappa shape index (κ1) is 26.1. The van der Waals surface area contributed by atoms with E-state index in [1.54, 1.807) is 13.8 Å². The third-order valence-corrected chi connectivity index (χ3v) is 6.52. The molecule has 1 N–H and O–H groups in total. The van der Waals surface area contributed by atoms with Crippen molar-refractivity contribution in [2.24, 2.45) is 0 Å². The van der Waals surface area contributed by atoms with Gasteiger partial charge in [0.05, 0.1) is 10.5 Å². The van der Waals surface area contributed by atoms with Crippen LogP contribution in [0.4, 0.5) is 18.9 Å². The molecular formula is C22H23F3N2O5S. The Kier molecular flexibility index (Phi) is 8.77. The summed E-state index contributed by atoms with van der Waals surface area (Å²) in [5, 5.41) is 2.22. The predicted molar refractivity (Wildman–Crippen MR) is 117 cm³/mol. The number of esters is 1. The lowest BCUT2D eigenvalue weighted by Crippen LogP contribution is -2.30. The number of amides is 1. The minimum atomic E-state index is -4.55. The zero-order chi connectivity index (χ0) is 24.6. The maximum atomic E-state index is 12.7. The summed E-state index contributed by atoms with van der Waals surface area (Å²) in [5.74, 6) is -1.66. The Hall–Kier alpha value is -3.18. The lowest BCUT2D eigenvalue weighted by molar-refractivity contribution is -0.142. The van der Waals surface area contributed by atoms with Crippen LogP contribution >= 0.6 is 0 Å². The molecule has 0 aliphatic heterocycles. The highest BCUT2D eigenvalue weighted by atomic mass is 32.2. The van der Waals surface area contributed by atoms with Crippen LogP contribution in [0.25, 0.3) is 6.08 Å². The molecule has 0 fully saturated rings. The molecule has 1 amide bonds. The van der Waals surface area contributed by atoms with Crippen molar-refractivity contribution in [2.45, 2.75) is 24.9 Å². The molecule has 2 rings (SSSR count). The molecule has 2 aromatic rings. The average Bonchev–Trinajstić information content (AvgIpc) is 2.77. The van der Waals surface area contributed by atoms with Gasteiger partial charge in [0.2, 0.25) is 10.0 Å². The Morgan fingerprint density at radius 3 is 2.27 bits per heavy atom. The summed E-state index contributed by atoms with van der Waals surface area (Å²) >= 11 is 0. The molecule has 0 aromatic heterocycles. The molecule has 0 saturated heterocycles. The van der Waals surface area contributed by atoms with Crippen LogP contribution in [0.1, 0.15) is 25.0 Å². The number of sulfonamides is 1. The molecule has 33 heavy (non-hydrogen) atoms. The normalized spacial score (nSPS) is 12.2. The Bertz CT molecular complexity index is 1110. The topological polar surface area (TPSA) is 92.8 Å². The van der Waals surface area contributed by atoms with Gasteiger partial charge in [-0.15, -0.1) is 0 Å². The number of carbonyl (C=O) groups excluding carboxylic acids is 2. The first-order valence-corrected chi connectivity index (χ1v) is 11.3. The fraction of sp³-hybridized carbons (Fsp3) is 0.273. The van der Waals surface area contributed by atoms with Crippen molar-refractivity contribution in [1.82, 2.24) is 4.31 Å². The van der Waals surface area contributed by atoms with Gasteiger partial charge in [0.25, 0.3) is 5.91 Å². The van der Waals surface area contributed by atoms with E-state index in [2.05, 4.69) is 5.32 Å². The summed E-state index contributed by atoms with van der Waals surface area (Å²) < 4.78 is 69.1. The van der Waals surface area contributed by atoms with Crippen molar-refractivity contribution >= 4 is 33.7 Å². The van der Waals surface area contributed by atoms with Crippen LogP contribution < -0.4 is 5.32 Å². The quantitative estimate of drug-likeness (QED) is 0.430. The van der Waals surface area contributed by atoms with Gasteiger partial charge in [-0.2, -0.15) is 17.5 Å². The number of carbonyl (C=O) groups is 2. The number of hydrogen-bond acceptors (Lipinski definition) is 5. The Morgan fingerprint density at radius 1 is 1.06 bits per heavy atom. The molecule has 0 saturated carbocycles. The standard InChI is InChI=1S/C22H23F3N2O5S/c1-3-27(4-2)33(30,31)19-11-8-16(9-12-19)10-13-21(29)32-15-20(28)26-18-7-5-6-17(14-18)22(23,24)25/h5-14H,3-4,15H2,1-2H3,(H,26,28)/b13-10+. The summed E-state index contributed by atoms with van der Waals surface area (Å²) in [6, 6.07) is 9.92. The number of halogens is 3. The number of alkyl halides is 3. The van der Waals surface area contributed by atoms with Crippen molar-refractivity contribution in [3.8, 4) is 0 Å². The summed E-state index contributed by atoms with van der Waals surface area (Å²) in [7, 11) is -3.59. The molecule has 0 aliphatic rings. The molecule has 0 spiro atoms. The first-order chi connectivity index (χ1) is 15.5. The van der Waals surface area contributed by atoms with E-state index in [4.69, 9.17) is 4.74 Å². The van der Waals surface area contributed by atoms with E-state index in [-0.39, 0.29) is 10.6 Å². The van der Waals surface area contributed by atoms with Crippen LogP contribution in [-0.2, 0) is 30.5 Å². The molecular weight excluding hydrogens is 461 g/mol. The Balaban J connectivity index is 1.91. The molecule has 0 unspecified atom stereocenters. The van der Waals surface area contributed by atoms with Gasteiger partial charge in [-0.25, -0.2) is 13.2 Å². The maximum absolute atomic E-state index is 12.7. The van der Waals surface area contributed by atoms with Gasteiger partial charge in [0.1, 0.15) is 0 Å². The minimum Gasteiger partial charge on any atom is -0.452 e. The number of rotatable bonds is 9. The number of anilines is 1. The first-order valence-electron chi connectivity index (χ1n) is 9.89. The molecule has 178 valence electrons. The highest BCUT2D eigenvalue weighted by Crippen LogP contribution is 2.30. The zero-order valence-electron chi connectivity index (χ0n) is 17.9. The zero-order valence-corrected chi connectivity index (χ0v) is 18.7. The summed E-state index contributed by atoms with van der Waals surface area (Å²) in [6.45, 7) is 3.47.